The number of aryl methyl sites for hydroxylation is 1. The Balaban J connectivity index is 2.00. The molecule has 2 heterocycles. The van der Waals surface area contributed by atoms with E-state index in [9.17, 15) is 4.39 Å². The number of aromatic nitrogens is 1. The minimum absolute atomic E-state index is 0.101. The molecule has 0 bridgehead atoms. The average Bonchev–Trinajstić information content (AvgIpc) is 2.46. The zero-order chi connectivity index (χ0) is 14.1. The summed E-state index contributed by atoms with van der Waals surface area (Å²) in [6.07, 6.45) is 4.30. The molecule has 3 nitrogen and oxygen atoms in total. The lowest BCUT2D eigenvalue weighted by molar-refractivity contribution is 0.152. The molecule has 0 amide bonds. The molecule has 1 aliphatic heterocycles. The summed E-state index contributed by atoms with van der Waals surface area (Å²) in [5, 5.41) is 3.28. The van der Waals surface area contributed by atoms with Crippen molar-refractivity contribution in [2.75, 3.05) is 7.05 Å². The molecule has 2 atom stereocenters. The van der Waals surface area contributed by atoms with E-state index in [0.29, 0.717) is 5.75 Å². The smallest absolute Gasteiger partial charge is 0.127 e. The van der Waals surface area contributed by atoms with Crippen molar-refractivity contribution in [3.05, 3.63) is 59.2 Å². The predicted molar refractivity (Wildman–Crippen MR) is 75.2 cm³/mol. The maximum absolute atomic E-state index is 13.4. The van der Waals surface area contributed by atoms with E-state index >= 15 is 0 Å². The number of hydrogen-bond acceptors (Lipinski definition) is 3. The van der Waals surface area contributed by atoms with Crippen LogP contribution in [-0.2, 0) is 0 Å². The van der Waals surface area contributed by atoms with Crippen LogP contribution in [0.15, 0.2) is 36.7 Å². The van der Waals surface area contributed by atoms with Crippen LogP contribution in [0.3, 0.4) is 0 Å². The summed E-state index contributed by atoms with van der Waals surface area (Å²) in [5.74, 6) is 0.339. The molecular formula is C16H17FN2O. The van der Waals surface area contributed by atoms with Crippen LogP contribution in [0.5, 0.6) is 5.75 Å². The first kappa shape index (κ1) is 13.1. The van der Waals surface area contributed by atoms with Gasteiger partial charge in [0.1, 0.15) is 17.7 Å². The van der Waals surface area contributed by atoms with Crippen LogP contribution < -0.4 is 10.1 Å². The van der Waals surface area contributed by atoms with Crippen LogP contribution in [-0.4, -0.2) is 12.0 Å². The second-order valence-electron chi connectivity index (χ2n) is 5.10. The van der Waals surface area contributed by atoms with Crippen LogP contribution in [0.25, 0.3) is 0 Å². The summed E-state index contributed by atoms with van der Waals surface area (Å²) >= 11 is 0. The number of fused-ring (bicyclic) bond motifs is 1. The summed E-state index contributed by atoms with van der Waals surface area (Å²) in [4.78, 5) is 4.17. The molecule has 1 aliphatic rings. The van der Waals surface area contributed by atoms with Gasteiger partial charge in [-0.25, -0.2) is 4.39 Å². The maximum Gasteiger partial charge on any atom is 0.127 e. The highest BCUT2D eigenvalue weighted by Gasteiger charge is 2.29. The standard InChI is InChI=1S/C16H17FN2O/c1-10-5-6-19-9-13(10)16-8-14(18-2)12-4-3-11(17)7-15(12)20-16/h3-7,9,14,16,18H,8H2,1-2H3. The monoisotopic (exact) mass is 272 g/mol. The summed E-state index contributed by atoms with van der Waals surface area (Å²) in [7, 11) is 1.91. The first-order valence-corrected chi connectivity index (χ1v) is 6.73. The van der Waals surface area contributed by atoms with Crippen LogP contribution in [0.2, 0.25) is 0 Å². The van der Waals surface area contributed by atoms with E-state index in [0.717, 1.165) is 23.1 Å². The fourth-order valence-corrected chi connectivity index (χ4v) is 2.72. The van der Waals surface area contributed by atoms with Crippen LogP contribution >= 0.6 is 0 Å². The van der Waals surface area contributed by atoms with Crippen molar-refractivity contribution in [3.8, 4) is 5.75 Å². The highest BCUT2D eigenvalue weighted by molar-refractivity contribution is 5.40. The third-order valence-electron chi connectivity index (χ3n) is 3.84. The summed E-state index contributed by atoms with van der Waals surface area (Å²) in [6.45, 7) is 2.04. The molecule has 0 saturated carbocycles. The number of nitrogens with one attached hydrogen (secondary N) is 1. The van der Waals surface area contributed by atoms with Gasteiger partial charge in [-0.15, -0.1) is 0 Å². The van der Waals surface area contributed by atoms with E-state index in [1.165, 1.54) is 12.1 Å². The normalized spacial score (nSPS) is 21.1. The van der Waals surface area contributed by atoms with Crippen molar-refractivity contribution >= 4 is 0 Å². The lowest BCUT2D eigenvalue weighted by Crippen LogP contribution is -2.27. The van der Waals surface area contributed by atoms with Crippen LogP contribution in [0.4, 0.5) is 4.39 Å². The van der Waals surface area contributed by atoms with Gasteiger partial charge in [-0.05, 0) is 31.7 Å². The first-order valence-electron chi connectivity index (χ1n) is 6.73. The first-order chi connectivity index (χ1) is 9.69. The van der Waals surface area contributed by atoms with Gasteiger partial charge in [0.05, 0.1) is 0 Å². The van der Waals surface area contributed by atoms with Crippen molar-refractivity contribution < 1.29 is 9.13 Å². The highest BCUT2D eigenvalue weighted by atomic mass is 19.1. The zero-order valence-corrected chi connectivity index (χ0v) is 11.6. The largest absolute Gasteiger partial charge is 0.485 e. The second-order valence-corrected chi connectivity index (χ2v) is 5.10. The third kappa shape index (κ3) is 2.27. The Morgan fingerprint density at radius 2 is 2.15 bits per heavy atom. The van der Waals surface area contributed by atoms with E-state index in [4.69, 9.17) is 4.74 Å². The molecule has 1 aromatic heterocycles. The van der Waals surface area contributed by atoms with E-state index < -0.39 is 0 Å². The zero-order valence-electron chi connectivity index (χ0n) is 11.6. The molecule has 0 radical (unpaired) electrons. The molecule has 2 aromatic rings. The van der Waals surface area contributed by atoms with Crippen molar-refractivity contribution in [2.45, 2.75) is 25.5 Å². The van der Waals surface area contributed by atoms with Crippen molar-refractivity contribution in [1.29, 1.82) is 0 Å². The molecule has 3 rings (SSSR count). The Kier molecular flexibility index (Phi) is 3.40. The van der Waals surface area contributed by atoms with Gasteiger partial charge >= 0.3 is 0 Å². The molecular weight excluding hydrogens is 255 g/mol. The molecule has 104 valence electrons. The lowest BCUT2D eigenvalue weighted by atomic mass is 9.92. The molecule has 0 saturated heterocycles. The number of ether oxygens (including phenoxy) is 1. The summed E-state index contributed by atoms with van der Waals surface area (Å²) < 4.78 is 19.4. The minimum atomic E-state index is -0.276. The quantitative estimate of drug-likeness (QED) is 0.910. The molecule has 0 aliphatic carbocycles. The van der Waals surface area contributed by atoms with E-state index in [1.54, 1.807) is 12.3 Å². The molecule has 1 aromatic carbocycles. The Morgan fingerprint density at radius 3 is 2.90 bits per heavy atom. The van der Waals surface area contributed by atoms with Gasteiger partial charge in [0.2, 0.25) is 0 Å². The Labute approximate surface area is 117 Å². The molecule has 20 heavy (non-hydrogen) atoms. The van der Waals surface area contributed by atoms with Gasteiger partial charge in [-0.1, -0.05) is 6.07 Å². The average molecular weight is 272 g/mol. The van der Waals surface area contributed by atoms with Crippen molar-refractivity contribution in [1.82, 2.24) is 10.3 Å². The van der Waals surface area contributed by atoms with Crippen molar-refractivity contribution in [2.24, 2.45) is 0 Å². The van der Waals surface area contributed by atoms with Gasteiger partial charge in [0.25, 0.3) is 0 Å². The molecule has 0 fully saturated rings. The summed E-state index contributed by atoms with van der Waals surface area (Å²) in [5.41, 5.74) is 3.20. The SMILES string of the molecule is CNC1CC(c2cnccc2C)Oc2cc(F)ccc21. The highest BCUT2D eigenvalue weighted by Crippen LogP contribution is 2.41. The number of hydrogen-bond donors (Lipinski definition) is 1. The van der Waals surface area contributed by atoms with Crippen LogP contribution in [0, 0.1) is 12.7 Å². The number of nitrogens with zero attached hydrogens (tertiary/aromatic N) is 1. The van der Waals surface area contributed by atoms with E-state index in [1.807, 2.05) is 26.2 Å². The molecule has 2 unspecified atom stereocenters. The third-order valence-corrected chi connectivity index (χ3v) is 3.84. The van der Waals surface area contributed by atoms with Gasteiger partial charge in [0.15, 0.2) is 0 Å². The van der Waals surface area contributed by atoms with Gasteiger partial charge < -0.3 is 10.1 Å². The van der Waals surface area contributed by atoms with Gasteiger partial charge in [-0.2, -0.15) is 0 Å². The van der Waals surface area contributed by atoms with Crippen LogP contribution in [0.1, 0.15) is 35.3 Å². The number of halogens is 1. The second kappa shape index (κ2) is 5.21. The molecule has 0 spiro atoms. The number of pyridine rings is 1. The molecule has 4 heteroatoms. The van der Waals surface area contributed by atoms with Gasteiger partial charge in [0, 0.05) is 42.0 Å². The Bertz CT molecular complexity index is 630. The minimum Gasteiger partial charge on any atom is -0.485 e. The van der Waals surface area contributed by atoms with Gasteiger partial charge in [-0.3, -0.25) is 4.98 Å². The lowest BCUT2D eigenvalue weighted by Gasteiger charge is -2.32. The maximum atomic E-state index is 13.4. The van der Waals surface area contributed by atoms with E-state index in [-0.39, 0.29) is 18.0 Å². The molecule has 1 N–H and O–H groups in total. The Hall–Kier alpha value is -1.94. The van der Waals surface area contributed by atoms with E-state index in [2.05, 4.69) is 10.3 Å². The fourth-order valence-electron chi connectivity index (χ4n) is 2.72. The Morgan fingerprint density at radius 1 is 1.30 bits per heavy atom. The predicted octanol–water partition coefficient (Wildman–Crippen LogP) is 3.31. The fraction of sp³-hybridized carbons (Fsp3) is 0.312. The topological polar surface area (TPSA) is 34.2 Å². The number of benzene rings is 1. The number of rotatable bonds is 2. The van der Waals surface area contributed by atoms with Crippen molar-refractivity contribution in [3.63, 3.8) is 0 Å². The summed E-state index contributed by atoms with van der Waals surface area (Å²) in [6, 6.07) is 6.84.